The Hall–Kier alpha value is -2.72. The molecule has 1 unspecified atom stereocenters. The topological polar surface area (TPSA) is 96.7 Å². The van der Waals surface area contributed by atoms with Gasteiger partial charge in [-0.1, -0.05) is 12.1 Å². The fourth-order valence-corrected chi connectivity index (χ4v) is 2.83. The number of nitriles is 1. The summed E-state index contributed by atoms with van der Waals surface area (Å²) in [5, 5.41) is 20.4. The van der Waals surface area contributed by atoms with Crippen LogP contribution in [0.3, 0.4) is 0 Å². The predicted molar refractivity (Wildman–Crippen MR) is 106 cm³/mol. The van der Waals surface area contributed by atoms with Gasteiger partial charge in [0.05, 0.1) is 0 Å². The van der Waals surface area contributed by atoms with E-state index >= 15 is 0 Å². The number of nitrogens with zero attached hydrogens (tertiary/aromatic N) is 3. The van der Waals surface area contributed by atoms with E-state index in [2.05, 4.69) is 36.2 Å². The molecule has 1 aliphatic heterocycles. The molecule has 0 radical (unpaired) electrons. The van der Waals surface area contributed by atoms with E-state index in [9.17, 15) is 14.9 Å². The molecule has 1 aromatic rings. The van der Waals surface area contributed by atoms with Gasteiger partial charge in [0.25, 0.3) is 5.91 Å². The van der Waals surface area contributed by atoms with Crippen LogP contribution in [0.1, 0.15) is 18.1 Å². The molecule has 1 aliphatic rings. The summed E-state index contributed by atoms with van der Waals surface area (Å²) in [7, 11) is 0. The number of anilines is 1. The van der Waals surface area contributed by atoms with Crippen LogP contribution in [0.4, 0.5) is 5.69 Å². The number of carboxylic acid groups (broad SMARTS) is 1. The monoisotopic (exact) mass is 392 g/mol. The van der Waals surface area contributed by atoms with Crippen molar-refractivity contribution in [3.63, 3.8) is 0 Å². The van der Waals surface area contributed by atoms with Gasteiger partial charge >= 0.3 is 5.97 Å². The van der Waals surface area contributed by atoms with Crippen LogP contribution in [0.2, 0.25) is 0 Å². The summed E-state index contributed by atoms with van der Waals surface area (Å²) in [6, 6.07) is 7.06. The van der Waals surface area contributed by atoms with Crippen LogP contribution in [0.5, 0.6) is 0 Å². The van der Waals surface area contributed by atoms with Crippen molar-refractivity contribution >= 4 is 30.0 Å². The normalized spacial score (nSPS) is 15.4. The highest BCUT2D eigenvalue weighted by atomic mass is 35.5. The van der Waals surface area contributed by atoms with E-state index in [0.717, 1.165) is 13.1 Å². The summed E-state index contributed by atoms with van der Waals surface area (Å²) in [6.45, 7) is 8.49. The first-order valence-electron chi connectivity index (χ1n) is 8.54. The van der Waals surface area contributed by atoms with Crippen molar-refractivity contribution < 1.29 is 14.7 Å². The first kappa shape index (κ1) is 22.3. The van der Waals surface area contributed by atoms with Gasteiger partial charge in [-0.3, -0.25) is 9.59 Å². The molecule has 1 atom stereocenters. The molecule has 0 spiro atoms. The summed E-state index contributed by atoms with van der Waals surface area (Å²) in [4.78, 5) is 27.1. The van der Waals surface area contributed by atoms with Crippen LogP contribution in [-0.2, 0) is 9.59 Å². The third-order valence-corrected chi connectivity index (χ3v) is 4.63. The van der Waals surface area contributed by atoms with Gasteiger partial charge in [-0.05, 0) is 38.0 Å². The number of aryl methyl sites for hydroxylation is 1. The minimum Gasteiger partial charge on any atom is -0.480 e. The number of rotatable bonds is 5. The third-order valence-electron chi connectivity index (χ3n) is 4.63. The van der Waals surface area contributed by atoms with E-state index < -0.39 is 17.9 Å². The van der Waals surface area contributed by atoms with Crippen molar-refractivity contribution in [1.29, 1.82) is 5.26 Å². The molecule has 1 fully saturated rings. The number of nitrogens with one attached hydrogen (secondary N) is 1. The minimum absolute atomic E-state index is 0. The quantitative estimate of drug-likeness (QED) is 0.586. The van der Waals surface area contributed by atoms with Crippen LogP contribution in [0, 0.1) is 25.2 Å². The lowest BCUT2D eigenvalue weighted by atomic mass is 10.1. The van der Waals surface area contributed by atoms with E-state index in [-0.39, 0.29) is 18.0 Å². The zero-order valence-electron chi connectivity index (χ0n) is 15.7. The van der Waals surface area contributed by atoms with Gasteiger partial charge in [0.2, 0.25) is 0 Å². The number of hydrogen-bond acceptors (Lipinski definition) is 5. The average Bonchev–Trinajstić information content (AvgIpc) is 2.62. The first-order valence-corrected chi connectivity index (χ1v) is 8.54. The molecule has 1 aromatic carbocycles. The Labute approximate surface area is 165 Å². The highest BCUT2D eigenvalue weighted by Crippen LogP contribution is 2.24. The number of hydrogen-bond donors (Lipinski definition) is 2. The molecule has 0 bridgehead atoms. The lowest BCUT2D eigenvalue weighted by Crippen LogP contribution is -2.45. The Morgan fingerprint density at radius 1 is 1.26 bits per heavy atom. The molecule has 1 heterocycles. The molecule has 2 rings (SSSR count). The Morgan fingerprint density at radius 2 is 1.89 bits per heavy atom. The number of benzene rings is 1. The molecule has 0 saturated carbocycles. The summed E-state index contributed by atoms with van der Waals surface area (Å²) in [5.41, 5.74) is 3.64. The van der Waals surface area contributed by atoms with Crippen molar-refractivity contribution in [1.82, 2.24) is 10.2 Å². The summed E-state index contributed by atoms with van der Waals surface area (Å²) in [6.07, 6.45) is 1.52. The van der Waals surface area contributed by atoms with Crippen LogP contribution < -0.4 is 10.2 Å². The second kappa shape index (κ2) is 9.83. The number of aliphatic carboxylic acids is 1. The fourth-order valence-electron chi connectivity index (χ4n) is 2.83. The van der Waals surface area contributed by atoms with Gasteiger partial charge in [0, 0.05) is 38.1 Å². The molecule has 2 N–H and O–H groups in total. The number of carbonyl (C=O) groups is 2. The van der Waals surface area contributed by atoms with Crippen molar-refractivity contribution in [2.24, 2.45) is 0 Å². The maximum Gasteiger partial charge on any atom is 0.325 e. The van der Waals surface area contributed by atoms with Gasteiger partial charge in [0.15, 0.2) is 0 Å². The van der Waals surface area contributed by atoms with Crippen molar-refractivity contribution in [3.8, 4) is 6.07 Å². The van der Waals surface area contributed by atoms with Gasteiger partial charge in [-0.15, -0.1) is 12.4 Å². The van der Waals surface area contributed by atoms with Crippen molar-refractivity contribution in [2.45, 2.75) is 26.8 Å². The molecule has 7 nitrogen and oxygen atoms in total. The summed E-state index contributed by atoms with van der Waals surface area (Å²) < 4.78 is 0. The molecular weight excluding hydrogens is 368 g/mol. The first-order chi connectivity index (χ1) is 12.3. The van der Waals surface area contributed by atoms with E-state index in [1.807, 2.05) is 17.0 Å². The van der Waals surface area contributed by atoms with E-state index in [1.165, 1.54) is 29.9 Å². The molecule has 27 heavy (non-hydrogen) atoms. The highest BCUT2D eigenvalue weighted by Gasteiger charge is 2.21. The Morgan fingerprint density at radius 3 is 2.44 bits per heavy atom. The molecule has 0 aromatic heterocycles. The summed E-state index contributed by atoms with van der Waals surface area (Å²) in [5.74, 6) is -1.81. The van der Waals surface area contributed by atoms with Crippen molar-refractivity contribution in [3.05, 3.63) is 41.1 Å². The number of amides is 1. The molecule has 1 saturated heterocycles. The highest BCUT2D eigenvalue weighted by molar-refractivity contribution is 5.99. The lowest BCUT2D eigenvalue weighted by Gasteiger charge is -2.36. The maximum absolute atomic E-state index is 12.0. The van der Waals surface area contributed by atoms with Gasteiger partial charge in [0.1, 0.15) is 17.7 Å². The molecule has 146 valence electrons. The number of carbonyl (C=O) groups excluding carboxylic acids is 1. The largest absolute Gasteiger partial charge is 0.480 e. The molecule has 0 aliphatic carbocycles. The zero-order valence-corrected chi connectivity index (χ0v) is 16.5. The second-order valence-corrected chi connectivity index (χ2v) is 6.43. The van der Waals surface area contributed by atoms with Gasteiger partial charge in [-0.25, -0.2) is 0 Å². The Balaban J connectivity index is 0.00000364. The lowest BCUT2D eigenvalue weighted by molar-refractivity contribution is -0.140. The van der Waals surface area contributed by atoms with E-state index in [1.54, 1.807) is 0 Å². The SMILES string of the molecule is Cc1cccc(N2CCN(/C=C(/C#N)C(=O)NC(C)C(=O)O)CC2)c1C.Cl. The molecular formula is C19H25ClN4O3. The standard InChI is InChI=1S/C19H24N4O3.ClH/c1-13-5-4-6-17(14(13)2)23-9-7-22(8-10-23)12-16(11-20)18(24)21-15(3)19(25)26;/h4-6,12,15H,7-10H2,1-3H3,(H,21,24)(H,25,26);1H/b16-12-;. The van der Waals surface area contributed by atoms with Gasteiger partial charge < -0.3 is 20.2 Å². The van der Waals surface area contributed by atoms with Gasteiger partial charge in [-0.2, -0.15) is 5.26 Å². The number of piperazine rings is 1. The number of halogens is 1. The Kier molecular flexibility index (Phi) is 8.13. The smallest absolute Gasteiger partial charge is 0.325 e. The van der Waals surface area contributed by atoms with Crippen LogP contribution in [-0.4, -0.2) is 54.1 Å². The molecule has 8 heteroatoms. The van der Waals surface area contributed by atoms with E-state index in [4.69, 9.17) is 5.11 Å². The second-order valence-electron chi connectivity index (χ2n) is 6.43. The third kappa shape index (κ3) is 5.63. The minimum atomic E-state index is -1.14. The average molecular weight is 393 g/mol. The molecule has 1 amide bonds. The zero-order chi connectivity index (χ0) is 19.3. The van der Waals surface area contributed by atoms with Crippen LogP contribution in [0.15, 0.2) is 30.0 Å². The van der Waals surface area contributed by atoms with E-state index in [0.29, 0.717) is 13.1 Å². The van der Waals surface area contributed by atoms with Crippen LogP contribution in [0.25, 0.3) is 0 Å². The van der Waals surface area contributed by atoms with Crippen LogP contribution >= 0.6 is 12.4 Å². The Bertz CT molecular complexity index is 765. The predicted octanol–water partition coefficient (Wildman–Crippen LogP) is 1.84. The fraction of sp³-hybridized carbons (Fsp3) is 0.421. The number of carboxylic acids is 1. The van der Waals surface area contributed by atoms with Crippen molar-refractivity contribution in [2.75, 3.05) is 31.1 Å². The maximum atomic E-state index is 12.0. The summed E-state index contributed by atoms with van der Waals surface area (Å²) >= 11 is 0.